The van der Waals surface area contributed by atoms with E-state index in [1.165, 1.54) is 11.3 Å². The third-order valence-corrected chi connectivity index (χ3v) is 11.2. The summed E-state index contributed by atoms with van der Waals surface area (Å²) in [5, 5.41) is 0. The Morgan fingerprint density at radius 2 is 1.60 bits per heavy atom. The molecule has 0 saturated heterocycles. The summed E-state index contributed by atoms with van der Waals surface area (Å²) >= 11 is 1.22. The Morgan fingerprint density at radius 1 is 0.905 bits per heavy atom. The lowest BCUT2D eigenvalue weighted by Crippen LogP contribution is -2.41. The fourth-order valence-electron chi connectivity index (χ4n) is 6.20. The lowest BCUT2D eigenvalue weighted by Gasteiger charge is -2.23. The number of aryl methyl sites for hydroxylation is 2. The highest BCUT2D eigenvalue weighted by atomic mass is 32.2. The van der Waals surface area contributed by atoms with E-state index in [4.69, 9.17) is 0 Å². The summed E-state index contributed by atoms with van der Waals surface area (Å²) in [6.45, 7) is 1.85. The smallest absolute Gasteiger partial charge is 0.299 e. The van der Waals surface area contributed by atoms with Crippen LogP contribution in [0.25, 0.3) is 0 Å². The van der Waals surface area contributed by atoms with Gasteiger partial charge in [0.05, 0.1) is 11.1 Å². The number of alkyl halides is 6. The fraction of sp³-hybridized carbons (Fsp3) is 0.433. The first-order valence-electron chi connectivity index (χ1n) is 13.6. The molecular formula is C30H29F6NO3S2. The van der Waals surface area contributed by atoms with Crippen LogP contribution in [-0.4, -0.2) is 20.2 Å². The third kappa shape index (κ3) is 6.75. The number of hydrogen-bond donors (Lipinski definition) is 1. The van der Waals surface area contributed by atoms with E-state index in [0.717, 1.165) is 28.8 Å². The SMILES string of the molecule is Cc1ccc(S(=O)(=O)NC2C3CCC2Cc2cc(CC(=O)CCc4cc(C(F)(F)F)ccc4C(F)(F)F)ccc2C3)s1. The number of rotatable bonds is 8. The summed E-state index contributed by atoms with van der Waals surface area (Å²) in [4.78, 5) is 13.7. The molecule has 0 radical (unpaired) electrons. The predicted octanol–water partition coefficient (Wildman–Crippen LogP) is 7.31. The number of Topliss-reactive ketones (excluding diaryl/α,β-unsaturated/α-hetero) is 1. The average Bonchev–Trinajstić information content (AvgIpc) is 3.44. The number of sulfonamides is 1. The van der Waals surface area contributed by atoms with E-state index in [1.807, 2.05) is 19.1 Å². The summed E-state index contributed by atoms with van der Waals surface area (Å²) in [5.74, 6) is -0.165. The molecule has 2 aromatic carbocycles. The Labute approximate surface area is 244 Å². The standard InChI is InChI=1S/C30H29F6NO3S2/c1-17-2-11-27(41-17)42(39,40)37-28-21-5-6-22(28)15-23-12-18(3-4-19(23)14-21)13-25(38)9-7-20-16-24(29(31,32)33)8-10-26(20)30(34,35)36/h2-4,8,10-12,16,21-22,28,37H,5-7,9,13-15H2,1H3. The zero-order chi connectivity index (χ0) is 30.4. The van der Waals surface area contributed by atoms with Crippen molar-refractivity contribution >= 4 is 27.1 Å². The number of carbonyl (C=O) groups excluding carboxylic acids is 1. The molecular weight excluding hydrogens is 600 g/mol. The maximum absolute atomic E-state index is 13.4. The van der Waals surface area contributed by atoms with Gasteiger partial charge in [0.15, 0.2) is 0 Å². The molecule has 5 rings (SSSR count). The fourth-order valence-corrected chi connectivity index (χ4v) is 8.88. The van der Waals surface area contributed by atoms with Gasteiger partial charge in [0.25, 0.3) is 0 Å². The van der Waals surface area contributed by atoms with Crippen LogP contribution < -0.4 is 4.72 Å². The van der Waals surface area contributed by atoms with Gasteiger partial charge in [-0.25, -0.2) is 13.1 Å². The maximum atomic E-state index is 13.4. The Balaban J connectivity index is 1.27. The molecule has 0 spiro atoms. The minimum atomic E-state index is -4.84. The molecule has 42 heavy (non-hydrogen) atoms. The number of carbonyl (C=O) groups is 1. The van der Waals surface area contributed by atoms with Crippen LogP contribution in [0.3, 0.4) is 0 Å². The van der Waals surface area contributed by atoms with Crippen LogP contribution in [0.2, 0.25) is 0 Å². The molecule has 1 heterocycles. The van der Waals surface area contributed by atoms with Gasteiger partial charge < -0.3 is 0 Å². The highest BCUT2D eigenvalue weighted by Gasteiger charge is 2.41. The summed E-state index contributed by atoms with van der Waals surface area (Å²) in [5.41, 5.74) is -0.168. The Morgan fingerprint density at radius 3 is 2.21 bits per heavy atom. The lowest BCUT2D eigenvalue weighted by molar-refractivity contribution is -0.141. The van der Waals surface area contributed by atoms with Gasteiger partial charge >= 0.3 is 12.4 Å². The van der Waals surface area contributed by atoms with Crippen molar-refractivity contribution in [3.63, 3.8) is 0 Å². The van der Waals surface area contributed by atoms with Crippen LogP contribution >= 0.6 is 11.3 Å². The Bertz CT molecular complexity index is 1590. The van der Waals surface area contributed by atoms with E-state index in [2.05, 4.69) is 4.72 Å². The van der Waals surface area contributed by atoms with E-state index < -0.39 is 45.5 Å². The summed E-state index contributed by atoms with van der Waals surface area (Å²) in [6.07, 6.45) is -7.42. The normalized spacial score (nSPS) is 20.8. The molecule has 0 amide bonds. The molecule has 4 nitrogen and oxygen atoms in total. The molecule has 2 bridgehead atoms. The summed E-state index contributed by atoms with van der Waals surface area (Å²) < 4.78 is 109. The quantitative estimate of drug-likeness (QED) is 0.266. The van der Waals surface area contributed by atoms with Crippen molar-refractivity contribution in [2.75, 3.05) is 0 Å². The molecule has 2 aliphatic carbocycles. The number of hydrogen-bond acceptors (Lipinski definition) is 4. The molecule has 226 valence electrons. The topological polar surface area (TPSA) is 63.2 Å². The molecule has 1 saturated carbocycles. The predicted molar refractivity (Wildman–Crippen MR) is 147 cm³/mol. The summed E-state index contributed by atoms with van der Waals surface area (Å²) in [7, 11) is -3.65. The van der Waals surface area contributed by atoms with Gasteiger partial charge in [0.2, 0.25) is 10.0 Å². The van der Waals surface area contributed by atoms with Crippen molar-refractivity contribution in [1.82, 2.24) is 4.72 Å². The first-order chi connectivity index (χ1) is 19.6. The van der Waals surface area contributed by atoms with Crippen molar-refractivity contribution in [2.24, 2.45) is 11.8 Å². The van der Waals surface area contributed by atoms with Crippen molar-refractivity contribution < 1.29 is 39.6 Å². The van der Waals surface area contributed by atoms with Gasteiger partial charge in [0, 0.05) is 23.8 Å². The van der Waals surface area contributed by atoms with E-state index in [0.29, 0.717) is 36.6 Å². The second-order valence-electron chi connectivity index (χ2n) is 11.2. The minimum Gasteiger partial charge on any atom is -0.299 e. The van der Waals surface area contributed by atoms with Crippen LogP contribution in [0.15, 0.2) is 52.7 Å². The van der Waals surface area contributed by atoms with Crippen LogP contribution in [0, 0.1) is 18.8 Å². The largest absolute Gasteiger partial charge is 0.416 e. The van der Waals surface area contributed by atoms with Crippen molar-refractivity contribution in [1.29, 1.82) is 0 Å². The van der Waals surface area contributed by atoms with Gasteiger partial charge in [-0.15, -0.1) is 11.3 Å². The maximum Gasteiger partial charge on any atom is 0.416 e. The first kappa shape index (κ1) is 30.7. The zero-order valence-corrected chi connectivity index (χ0v) is 24.2. The van der Waals surface area contributed by atoms with Crippen LogP contribution in [0.5, 0.6) is 0 Å². The van der Waals surface area contributed by atoms with Crippen LogP contribution in [-0.2, 0) is 52.9 Å². The second-order valence-corrected chi connectivity index (χ2v) is 14.4. The molecule has 0 aliphatic heterocycles. The number of thiophene rings is 1. The van der Waals surface area contributed by atoms with E-state index >= 15 is 0 Å². The second kappa shape index (κ2) is 11.4. The summed E-state index contributed by atoms with van der Waals surface area (Å²) in [6, 6.07) is 10.0. The number of halogens is 6. The Kier molecular flexibility index (Phi) is 8.36. The molecule has 12 heteroatoms. The minimum absolute atomic E-state index is 0.0600. The molecule has 1 fully saturated rings. The van der Waals surface area contributed by atoms with Gasteiger partial charge in [-0.3, -0.25) is 4.79 Å². The van der Waals surface area contributed by atoms with Crippen molar-refractivity contribution in [3.05, 3.63) is 86.8 Å². The highest BCUT2D eigenvalue weighted by Crippen LogP contribution is 2.41. The van der Waals surface area contributed by atoms with E-state index in [1.54, 1.807) is 18.2 Å². The molecule has 1 aromatic heterocycles. The number of benzene rings is 2. The number of ketones is 1. The zero-order valence-electron chi connectivity index (χ0n) is 22.6. The van der Waals surface area contributed by atoms with E-state index in [-0.39, 0.29) is 40.7 Å². The number of nitrogens with one attached hydrogen (secondary N) is 1. The molecule has 3 unspecified atom stereocenters. The third-order valence-electron chi connectivity index (χ3n) is 8.24. The monoisotopic (exact) mass is 629 g/mol. The van der Waals surface area contributed by atoms with E-state index in [9.17, 15) is 39.6 Å². The average molecular weight is 630 g/mol. The van der Waals surface area contributed by atoms with Gasteiger partial charge in [-0.2, -0.15) is 26.3 Å². The highest BCUT2D eigenvalue weighted by molar-refractivity contribution is 7.91. The van der Waals surface area contributed by atoms with Crippen molar-refractivity contribution in [3.8, 4) is 0 Å². The van der Waals surface area contributed by atoms with Crippen LogP contribution in [0.1, 0.15) is 57.5 Å². The molecule has 3 atom stereocenters. The molecule has 2 aliphatic rings. The first-order valence-corrected chi connectivity index (χ1v) is 15.9. The van der Waals surface area contributed by atoms with Gasteiger partial charge in [-0.1, -0.05) is 18.2 Å². The van der Waals surface area contributed by atoms with Gasteiger partial charge in [0.1, 0.15) is 9.99 Å². The van der Waals surface area contributed by atoms with Crippen molar-refractivity contribution in [2.45, 2.75) is 74.5 Å². The molecule has 3 aromatic rings. The molecule has 1 N–H and O–H groups in total. The Hall–Kier alpha value is -2.70. The lowest BCUT2D eigenvalue weighted by atomic mass is 9.90. The van der Waals surface area contributed by atoms with Gasteiger partial charge in [-0.05, 0) is 103 Å². The van der Waals surface area contributed by atoms with Crippen LogP contribution in [0.4, 0.5) is 26.3 Å². The number of fused-ring (bicyclic) bond motifs is 3.